The van der Waals surface area contributed by atoms with Gasteiger partial charge in [-0.25, -0.2) is 29.5 Å². The van der Waals surface area contributed by atoms with E-state index in [9.17, 15) is 9.59 Å². The first kappa shape index (κ1) is 31.3. The second-order valence-corrected chi connectivity index (χ2v) is 11.0. The molecule has 12 nitrogen and oxygen atoms in total. The molecule has 4 aromatic heterocycles. The number of nitrogens with one attached hydrogen (secondary N) is 2. The van der Waals surface area contributed by atoms with Crippen molar-refractivity contribution in [3.63, 3.8) is 0 Å². The number of carbonyl (C=O) groups is 2. The molecule has 0 atom stereocenters. The third kappa shape index (κ3) is 8.06. The van der Waals surface area contributed by atoms with E-state index in [2.05, 4.69) is 30.6 Å². The molecule has 0 bridgehead atoms. The van der Waals surface area contributed by atoms with Gasteiger partial charge in [-0.3, -0.25) is 0 Å². The molecule has 0 unspecified atom stereocenters. The highest BCUT2D eigenvalue weighted by molar-refractivity contribution is 6.36. The first-order valence-corrected chi connectivity index (χ1v) is 15.1. The normalized spacial score (nSPS) is 13.9. The fourth-order valence-corrected chi connectivity index (χ4v) is 4.47. The van der Waals surface area contributed by atoms with E-state index >= 15 is 0 Å². The molecular weight excluding hydrogens is 611 g/mol. The molecule has 2 saturated carbocycles. The number of halogens is 2. The topological polar surface area (TPSA) is 154 Å². The molecule has 0 aromatic carbocycles. The largest absolute Gasteiger partial charge is 0.467 e. The number of nitrogens with zero attached hydrogens (tertiary/aromatic N) is 4. The minimum Gasteiger partial charge on any atom is -0.467 e. The van der Waals surface area contributed by atoms with Gasteiger partial charge in [-0.2, -0.15) is 0 Å². The number of hydrogen-bond acceptors (Lipinski definition) is 12. The number of aromatic nitrogens is 4. The molecule has 0 saturated heterocycles. The minimum atomic E-state index is -0.564. The van der Waals surface area contributed by atoms with Crippen LogP contribution in [-0.2, 0) is 22.6 Å². The first-order chi connectivity index (χ1) is 21.4. The Kier molecular flexibility index (Phi) is 10.3. The van der Waals surface area contributed by atoms with Gasteiger partial charge in [0.1, 0.15) is 44.9 Å². The summed E-state index contributed by atoms with van der Waals surface area (Å²) < 4.78 is 20.4. The lowest BCUT2D eigenvalue weighted by Crippen LogP contribution is -2.14. The summed E-state index contributed by atoms with van der Waals surface area (Å²) in [5.74, 6) is 3.15. The van der Waals surface area contributed by atoms with Crippen molar-refractivity contribution in [1.29, 1.82) is 0 Å². The monoisotopic (exact) mass is 642 g/mol. The van der Waals surface area contributed by atoms with Crippen molar-refractivity contribution in [2.45, 2.75) is 64.0 Å². The predicted octanol–water partition coefficient (Wildman–Crippen LogP) is 6.78. The quantitative estimate of drug-likeness (QED) is 0.156. The molecule has 232 valence electrons. The van der Waals surface area contributed by atoms with Crippen LogP contribution in [0, 0.1) is 0 Å². The van der Waals surface area contributed by atoms with Gasteiger partial charge in [0, 0.05) is 11.8 Å². The summed E-state index contributed by atoms with van der Waals surface area (Å²) in [6, 6.07) is 7.29. The van der Waals surface area contributed by atoms with Crippen LogP contribution in [0.4, 0.5) is 11.6 Å². The average Bonchev–Trinajstić information content (AvgIpc) is 3.96. The molecule has 0 aliphatic heterocycles. The molecule has 4 aromatic rings. The maximum atomic E-state index is 12.2. The third-order valence-corrected chi connectivity index (χ3v) is 7.37. The van der Waals surface area contributed by atoms with Crippen LogP contribution in [0.1, 0.15) is 95.0 Å². The summed E-state index contributed by atoms with van der Waals surface area (Å²) in [7, 11) is 1.30. The maximum absolute atomic E-state index is 12.2. The zero-order valence-corrected chi connectivity index (χ0v) is 25.8. The van der Waals surface area contributed by atoms with Gasteiger partial charge >= 0.3 is 11.9 Å². The van der Waals surface area contributed by atoms with Gasteiger partial charge in [-0.1, -0.05) is 30.1 Å². The molecule has 2 aliphatic rings. The Morgan fingerprint density at radius 1 is 0.818 bits per heavy atom. The molecule has 14 heteroatoms. The molecule has 0 spiro atoms. The fraction of sp³-hybridized carbons (Fsp3) is 0.400. The van der Waals surface area contributed by atoms with E-state index in [1.165, 1.54) is 7.11 Å². The predicted molar refractivity (Wildman–Crippen MR) is 162 cm³/mol. The van der Waals surface area contributed by atoms with Gasteiger partial charge in [0.05, 0.1) is 39.3 Å². The Morgan fingerprint density at radius 3 is 1.68 bits per heavy atom. The highest BCUT2D eigenvalue weighted by atomic mass is 35.5. The van der Waals surface area contributed by atoms with Crippen molar-refractivity contribution in [2.24, 2.45) is 0 Å². The second kappa shape index (κ2) is 14.5. The second-order valence-electron chi connectivity index (χ2n) is 10.2. The lowest BCUT2D eigenvalue weighted by Gasteiger charge is -2.11. The summed E-state index contributed by atoms with van der Waals surface area (Å²) in [6.07, 6.45) is 8.05. The number of carbonyl (C=O) groups excluding carboxylic acids is 2. The van der Waals surface area contributed by atoms with Crippen LogP contribution >= 0.6 is 23.2 Å². The van der Waals surface area contributed by atoms with Crippen molar-refractivity contribution in [3.8, 4) is 0 Å². The van der Waals surface area contributed by atoms with E-state index in [0.717, 1.165) is 43.6 Å². The first-order valence-electron chi connectivity index (χ1n) is 14.3. The molecule has 2 aliphatic carbocycles. The highest BCUT2D eigenvalue weighted by Crippen LogP contribution is 2.40. The third-order valence-electron chi connectivity index (χ3n) is 6.65. The van der Waals surface area contributed by atoms with Crippen molar-refractivity contribution in [2.75, 3.05) is 24.4 Å². The zero-order valence-electron chi connectivity index (χ0n) is 24.3. The van der Waals surface area contributed by atoms with Crippen LogP contribution in [0.25, 0.3) is 0 Å². The van der Waals surface area contributed by atoms with Crippen LogP contribution in [0.2, 0.25) is 10.0 Å². The molecule has 2 N–H and O–H groups in total. The van der Waals surface area contributed by atoms with E-state index in [1.54, 1.807) is 18.6 Å². The zero-order chi connectivity index (χ0) is 31.1. The smallest absolute Gasteiger partial charge is 0.358 e. The van der Waals surface area contributed by atoms with E-state index in [0.29, 0.717) is 54.8 Å². The van der Waals surface area contributed by atoms with Gasteiger partial charge < -0.3 is 28.9 Å². The Bertz CT molecular complexity index is 1570. The molecule has 6 rings (SSSR count). The Hall–Kier alpha value is -4.16. The van der Waals surface area contributed by atoms with Crippen LogP contribution < -0.4 is 10.6 Å². The van der Waals surface area contributed by atoms with E-state index < -0.39 is 11.9 Å². The number of rotatable bonds is 12. The Labute approximate surface area is 263 Å². The maximum Gasteiger partial charge on any atom is 0.358 e. The molecule has 0 radical (unpaired) electrons. The number of hydrogen-bond donors (Lipinski definition) is 2. The van der Waals surface area contributed by atoms with Gasteiger partial charge in [0.25, 0.3) is 0 Å². The van der Waals surface area contributed by atoms with E-state index in [1.807, 2.05) is 25.1 Å². The number of ether oxygens (including phenoxy) is 2. The van der Waals surface area contributed by atoms with Gasteiger partial charge in [0.2, 0.25) is 0 Å². The van der Waals surface area contributed by atoms with Crippen molar-refractivity contribution >= 4 is 46.8 Å². The molecule has 2 fully saturated rings. The molecular formula is C30H32Cl2N6O6. The van der Waals surface area contributed by atoms with Crippen molar-refractivity contribution in [1.82, 2.24) is 19.9 Å². The standard InChI is InChI=1S/C16H18ClN3O3.C14H14ClN3O3/c1-2-7-23-16(21)13-12(17)15(18-9-11-4-3-8-22-11)20-14(19-13)10-5-6-10;1-20-14(19)11-10(15)13(16-7-9-3-2-6-21-9)18-12(17-11)8-4-5-8/h3-4,8,10H,2,5-7,9H2,1H3,(H,18,19,20);2-3,6,8H,4-5,7H2,1H3,(H,16,17,18). The van der Waals surface area contributed by atoms with E-state index in [-0.39, 0.29) is 21.4 Å². The SMILES string of the molecule is CCCOC(=O)c1nc(C2CC2)nc(NCc2ccco2)c1Cl.COC(=O)c1nc(C2CC2)nc(NCc2ccco2)c1Cl. The van der Waals surface area contributed by atoms with Crippen molar-refractivity contribution < 1.29 is 27.9 Å². The van der Waals surface area contributed by atoms with Crippen LogP contribution in [0.5, 0.6) is 0 Å². The highest BCUT2D eigenvalue weighted by Gasteiger charge is 2.31. The molecule has 44 heavy (non-hydrogen) atoms. The van der Waals surface area contributed by atoms with Gasteiger partial charge in [0.15, 0.2) is 11.4 Å². The summed E-state index contributed by atoms with van der Waals surface area (Å²) >= 11 is 12.5. The van der Waals surface area contributed by atoms with E-state index in [4.69, 9.17) is 41.5 Å². The van der Waals surface area contributed by atoms with Gasteiger partial charge in [-0.05, 0) is 56.4 Å². The Balaban J connectivity index is 0.000000175. The molecule has 0 amide bonds. The molecule has 4 heterocycles. The Morgan fingerprint density at radius 2 is 1.30 bits per heavy atom. The summed E-state index contributed by atoms with van der Waals surface area (Å²) in [5, 5.41) is 6.53. The average molecular weight is 644 g/mol. The lowest BCUT2D eigenvalue weighted by molar-refractivity contribution is 0.0497. The number of methoxy groups -OCH3 is 1. The summed E-state index contributed by atoms with van der Waals surface area (Å²) in [5.41, 5.74) is 0.219. The fourth-order valence-electron chi connectivity index (χ4n) is 4.01. The van der Waals surface area contributed by atoms with Crippen LogP contribution in [0.15, 0.2) is 45.6 Å². The minimum absolute atomic E-state index is 0.0954. The summed E-state index contributed by atoms with van der Waals surface area (Å²) in [6.45, 7) is 3.12. The van der Waals surface area contributed by atoms with Crippen LogP contribution in [-0.4, -0.2) is 45.6 Å². The van der Waals surface area contributed by atoms with Gasteiger partial charge in [-0.15, -0.1) is 0 Å². The lowest BCUT2D eigenvalue weighted by atomic mass is 10.3. The van der Waals surface area contributed by atoms with Crippen LogP contribution in [0.3, 0.4) is 0 Å². The van der Waals surface area contributed by atoms with Crippen molar-refractivity contribution in [3.05, 3.63) is 81.4 Å². The summed E-state index contributed by atoms with van der Waals surface area (Å²) in [4.78, 5) is 41.3. The number of anilines is 2. The number of esters is 2. The number of furan rings is 2.